The lowest BCUT2D eigenvalue weighted by Gasteiger charge is -2.26. The van der Waals surface area contributed by atoms with Crippen LogP contribution in [0, 0.1) is 0 Å². The molecule has 3 heterocycles. The number of amides is 1. The number of para-hydroxylation sites is 1. The molecule has 1 amide bonds. The average molecular weight is 625 g/mol. The Kier molecular flexibility index (Phi) is 7.52. The van der Waals surface area contributed by atoms with Gasteiger partial charge in [-0.3, -0.25) is 14.2 Å². The number of ether oxygens (including phenoxy) is 3. The number of fused-ring (bicyclic) bond motifs is 2. The van der Waals surface area contributed by atoms with Crippen LogP contribution in [-0.4, -0.2) is 43.8 Å². The van der Waals surface area contributed by atoms with Gasteiger partial charge in [-0.15, -0.1) is 6.58 Å². The minimum Gasteiger partial charge on any atom is -0.493 e. The van der Waals surface area contributed by atoms with Crippen LogP contribution in [0.25, 0.3) is 5.57 Å². The zero-order valence-corrected chi connectivity index (χ0v) is 24.7. The minimum absolute atomic E-state index is 0.147. The number of carbonyl (C=O) groups is 2. The van der Waals surface area contributed by atoms with Gasteiger partial charge in [0.1, 0.15) is 4.53 Å². The molecule has 0 bridgehead atoms. The number of hydrogen-bond donors (Lipinski definition) is 0. The summed E-state index contributed by atoms with van der Waals surface area (Å²) in [4.78, 5) is 47.8. The smallest absolute Gasteiger partial charge is 0.338 e. The molecule has 2 aromatic carbocycles. The van der Waals surface area contributed by atoms with Crippen LogP contribution >= 0.6 is 27.3 Å². The molecule has 3 aromatic rings. The molecule has 0 saturated carbocycles. The predicted octanol–water partition coefficient (Wildman–Crippen LogP) is 3.48. The highest BCUT2D eigenvalue weighted by atomic mass is 79.9. The van der Waals surface area contributed by atoms with E-state index in [9.17, 15) is 14.4 Å². The van der Waals surface area contributed by atoms with Crippen molar-refractivity contribution < 1.29 is 23.8 Å². The summed E-state index contributed by atoms with van der Waals surface area (Å²) in [6.07, 6.45) is 1.64. The van der Waals surface area contributed by atoms with E-state index in [1.165, 1.54) is 18.8 Å². The van der Waals surface area contributed by atoms with Crippen LogP contribution in [-0.2, 0) is 14.3 Å². The Hall–Kier alpha value is -3.96. The second kappa shape index (κ2) is 10.9. The molecular formula is C29H26BrN3O6S. The fourth-order valence-electron chi connectivity index (χ4n) is 5.03. The van der Waals surface area contributed by atoms with Crippen LogP contribution in [0.15, 0.2) is 74.6 Å². The van der Waals surface area contributed by atoms with Gasteiger partial charge in [0.05, 0.1) is 49.4 Å². The Morgan fingerprint density at radius 2 is 1.88 bits per heavy atom. The highest BCUT2D eigenvalue weighted by Crippen LogP contribution is 2.41. The maximum Gasteiger partial charge on any atom is 0.338 e. The highest BCUT2D eigenvalue weighted by molar-refractivity contribution is 9.10. The molecule has 11 heteroatoms. The lowest BCUT2D eigenvalue weighted by molar-refractivity contribution is -0.139. The quantitative estimate of drug-likeness (QED) is 0.295. The van der Waals surface area contributed by atoms with E-state index in [2.05, 4.69) is 27.5 Å². The third kappa shape index (κ3) is 4.29. The number of esters is 1. The molecule has 0 fully saturated rings. The summed E-state index contributed by atoms with van der Waals surface area (Å²) in [5.74, 6) is 0.00875. The van der Waals surface area contributed by atoms with Crippen molar-refractivity contribution in [2.75, 3.05) is 32.3 Å². The summed E-state index contributed by atoms with van der Waals surface area (Å²) in [7, 11) is 3.03. The van der Waals surface area contributed by atoms with Gasteiger partial charge in [0, 0.05) is 16.6 Å². The number of methoxy groups -OCH3 is 2. The largest absolute Gasteiger partial charge is 0.493 e. The monoisotopic (exact) mass is 623 g/mol. The molecule has 9 nitrogen and oxygen atoms in total. The molecule has 1 atom stereocenters. The van der Waals surface area contributed by atoms with Gasteiger partial charge in [-0.25, -0.2) is 9.79 Å². The van der Waals surface area contributed by atoms with Crippen molar-refractivity contribution in [3.8, 4) is 11.5 Å². The summed E-state index contributed by atoms with van der Waals surface area (Å²) in [6.45, 7) is 7.63. The maximum absolute atomic E-state index is 14.3. The van der Waals surface area contributed by atoms with Crippen molar-refractivity contribution in [1.29, 1.82) is 0 Å². The van der Waals surface area contributed by atoms with Crippen LogP contribution in [0.1, 0.15) is 31.0 Å². The molecule has 40 heavy (non-hydrogen) atoms. The summed E-state index contributed by atoms with van der Waals surface area (Å²) in [5.41, 5.74) is 2.41. The second-order valence-electron chi connectivity index (χ2n) is 8.95. The van der Waals surface area contributed by atoms with Crippen LogP contribution in [0.2, 0.25) is 0 Å². The number of allylic oxidation sites excluding steroid dienone is 1. The highest BCUT2D eigenvalue weighted by Gasteiger charge is 2.38. The average Bonchev–Trinajstić information content (AvgIpc) is 3.40. The molecule has 206 valence electrons. The van der Waals surface area contributed by atoms with Gasteiger partial charge in [0.15, 0.2) is 16.3 Å². The Balaban J connectivity index is 1.85. The Labute approximate surface area is 242 Å². The number of nitrogens with zero attached hydrogens (tertiary/aromatic N) is 3. The molecule has 1 aromatic heterocycles. The number of benzene rings is 2. The van der Waals surface area contributed by atoms with Gasteiger partial charge in [-0.2, -0.15) is 0 Å². The zero-order chi connectivity index (χ0) is 28.7. The summed E-state index contributed by atoms with van der Waals surface area (Å²) < 4.78 is 18.6. The Morgan fingerprint density at radius 1 is 1.18 bits per heavy atom. The van der Waals surface area contributed by atoms with Crippen molar-refractivity contribution in [2.45, 2.75) is 19.9 Å². The molecule has 0 radical (unpaired) electrons. The van der Waals surface area contributed by atoms with E-state index in [0.717, 1.165) is 11.3 Å². The van der Waals surface area contributed by atoms with Crippen LogP contribution in [0.4, 0.5) is 5.69 Å². The third-order valence-corrected chi connectivity index (χ3v) is 8.49. The standard InChI is InChI=1S/C29H26BrN3O6S/c1-6-12-32-19-11-9-8-10-16(19)23(26(32)34)25-27(35)33-24(17-13-20(37-4)21(38-5)14-18(17)30)22(28(36)39-7-2)15(3)31-29(33)40-25/h6,8-11,13-14,24H,1,7,12H2,2-5H3/b25-23+/t24-/m1/s1. The number of rotatable bonds is 7. The summed E-state index contributed by atoms with van der Waals surface area (Å²) in [6, 6.07) is 9.86. The fourth-order valence-corrected chi connectivity index (χ4v) is 6.70. The minimum atomic E-state index is -0.908. The summed E-state index contributed by atoms with van der Waals surface area (Å²) in [5, 5.41) is 0. The number of thiazole rings is 1. The summed E-state index contributed by atoms with van der Waals surface area (Å²) >= 11 is 4.72. The van der Waals surface area contributed by atoms with E-state index in [-0.39, 0.29) is 22.6 Å². The van der Waals surface area contributed by atoms with Crippen LogP contribution in [0.3, 0.4) is 0 Å². The van der Waals surface area contributed by atoms with E-state index in [1.54, 1.807) is 37.0 Å². The molecule has 0 N–H and O–H groups in total. The van der Waals surface area contributed by atoms with E-state index in [0.29, 0.717) is 55.4 Å². The number of hydrogen-bond acceptors (Lipinski definition) is 8. The second-order valence-corrected chi connectivity index (χ2v) is 10.8. The molecule has 2 aliphatic heterocycles. The third-order valence-electron chi connectivity index (χ3n) is 6.75. The van der Waals surface area contributed by atoms with Crippen LogP contribution in [0.5, 0.6) is 11.5 Å². The van der Waals surface area contributed by atoms with Gasteiger partial charge >= 0.3 is 5.97 Å². The molecule has 0 saturated heterocycles. The van der Waals surface area contributed by atoms with Gasteiger partial charge in [0.25, 0.3) is 11.5 Å². The molecule has 5 rings (SSSR count). The van der Waals surface area contributed by atoms with Gasteiger partial charge in [-0.05, 0) is 37.6 Å². The van der Waals surface area contributed by atoms with E-state index < -0.39 is 17.6 Å². The molecule has 0 aliphatic carbocycles. The number of carbonyl (C=O) groups excluding carboxylic acids is 2. The normalized spacial score (nSPS) is 17.3. The first-order valence-corrected chi connectivity index (χ1v) is 14.0. The van der Waals surface area contributed by atoms with Crippen LogP contribution < -0.4 is 29.3 Å². The zero-order valence-electron chi connectivity index (χ0n) is 22.3. The SMILES string of the molecule is C=CCN1C(=O)/C(=c2/sc3n(c2=O)[C@H](c2cc(OC)c(OC)cc2Br)C(C(=O)OCC)=C(C)N=3)c2ccccc21. The first kappa shape index (κ1) is 27.6. The molecule has 0 unspecified atom stereocenters. The van der Waals surface area contributed by atoms with Crippen molar-refractivity contribution in [3.63, 3.8) is 0 Å². The van der Waals surface area contributed by atoms with Crippen molar-refractivity contribution in [2.24, 2.45) is 4.99 Å². The van der Waals surface area contributed by atoms with Crippen molar-refractivity contribution in [1.82, 2.24) is 4.57 Å². The number of aromatic nitrogens is 1. The lowest BCUT2D eigenvalue weighted by Crippen LogP contribution is -2.41. The molecule has 2 aliphatic rings. The predicted molar refractivity (Wildman–Crippen MR) is 156 cm³/mol. The van der Waals surface area contributed by atoms with E-state index >= 15 is 0 Å². The first-order chi connectivity index (χ1) is 19.3. The van der Waals surface area contributed by atoms with Crippen molar-refractivity contribution >= 4 is 50.4 Å². The number of halogens is 1. The first-order valence-electron chi connectivity index (χ1n) is 12.4. The number of anilines is 1. The van der Waals surface area contributed by atoms with Gasteiger partial charge < -0.3 is 19.1 Å². The maximum atomic E-state index is 14.3. The van der Waals surface area contributed by atoms with Crippen molar-refractivity contribution in [3.05, 3.63) is 95.6 Å². The Morgan fingerprint density at radius 3 is 2.55 bits per heavy atom. The molecular weight excluding hydrogens is 598 g/mol. The van der Waals surface area contributed by atoms with E-state index in [1.807, 2.05) is 24.3 Å². The lowest BCUT2D eigenvalue weighted by atomic mass is 9.95. The van der Waals surface area contributed by atoms with Gasteiger partial charge in [0.2, 0.25) is 0 Å². The fraction of sp³-hybridized carbons (Fsp3) is 0.241. The Bertz CT molecular complexity index is 1790. The topological polar surface area (TPSA) is 99.4 Å². The molecule has 0 spiro atoms. The van der Waals surface area contributed by atoms with E-state index in [4.69, 9.17) is 14.2 Å². The van der Waals surface area contributed by atoms with Gasteiger partial charge in [-0.1, -0.05) is 51.5 Å².